The molecule has 8 aromatic carbocycles. The monoisotopic (exact) mass is 753 g/mol. The average Bonchev–Trinajstić information content (AvgIpc) is 3.95. The Labute approximate surface area is 337 Å². The summed E-state index contributed by atoms with van der Waals surface area (Å²) in [4.78, 5) is 15.7. The molecular formula is C52H31N7. The SMILES string of the molecule is N#Cc1ccc(-n2c3ccccc3c3c2ccc2c4ccccc4n(-c4ccccc4)c23)c(-c2nc(-c3ccccc3)nc(-n3c4ccccc4c4ccccc43)n2)c1. The molecule has 0 aliphatic heterocycles. The van der Waals surface area contributed by atoms with Crippen LogP contribution in [0.3, 0.4) is 0 Å². The third-order valence-corrected chi connectivity index (χ3v) is 11.5. The highest BCUT2D eigenvalue weighted by Crippen LogP contribution is 2.43. The molecular weight excluding hydrogens is 723 g/mol. The molecule has 12 rings (SSSR count). The molecule has 0 aliphatic carbocycles. The maximum Gasteiger partial charge on any atom is 0.238 e. The molecule has 12 aromatic rings. The van der Waals surface area contributed by atoms with Crippen molar-refractivity contribution in [2.75, 3.05) is 0 Å². The van der Waals surface area contributed by atoms with Gasteiger partial charge in [-0.2, -0.15) is 15.2 Å². The standard InChI is InChI=1S/C52H31N7/c53-32-33-27-29-46(58-45-26-14-10-22-40(45)48-47(58)30-28-39-38-21-9-11-23-42(38)57(49(39)48)35-17-5-2-6-18-35)41(31-33)51-54-50(34-15-3-1-4-16-34)55-52(56-51)59-43-24-12-7-19-36(43)37-20-8-13-25-44(37)59/h1-31H. The van der Waals surface area contributed by atoms with Gasteiger partial charge in [0.15, 0.2) is 11.6 Å². The molecule has 0 radical (unpaired) electrons. The van der Waals surface area contributed by atoms with E-state index in [0.717, 1.165) is 77.1 Å². The van der Waals surface area contributed by atoms with Crippen LogP contribution in [-0.4, -0.2) is 28.7 Å². The summed E-state index contributed by atoms with van der Waals surface area (Å²) in [5.41, 5.74) is 10.4. The molecule has 0 saturated carbocycles. The first kappa shape index (κ1) is 32.9. The normalized spacial score (nSPS) is 11.7. The van der Waals surface area contributed by atoms with Gasteiger partial charge in [0.05, 0.1) is 50.4 Å². The maximum absolute atomic E-state index is 10.4. The van der Waals surface area contributed by atoms with E-state index in [1.54, 1.807) is 0 Å². The van der Waals surface area contributed by atoms with Gasteiger partial charge >= 0.3 is 0 Å². The van der Waals surface area contributed by atoms with Gasteiger partial charge in [-0.25, -0.2) is 4.98 Å². The second-order valence-electron chi connectivity index (χ2n) is 14.8. The first-order chi connectivity index (χ1) is 29.2. The van der Waals surface area contributed by atoms with Crippen LogP contribution in [0.2, 0.25) is 0 Å². The second-order valence-corrected chi connectivity index (χ2v) is 14.8. The summed E-state index contributed by atoms with van der Waals surface area (Å²) in [5, 5.41) is 17.2. The van der Waals surface area contributed by atoms with Gasteiger partial charge < -0.3 is 9.13 Å². The largest absolute Gasteiger partial charge is 0.309 e. The molecule has 0 fully saturated rings. The molecule has 7 heteroatoms. The van der Waals surface area contributed by atoms with E-state index in [9.17, 15) is 5.26 Å². The Morgan fingerprint density at radius 3 is 1.61 bits per heavy atom. The minimum absolute atomic E-state index is 0.466. The highest BCUT2D eigenvalue weighted by atomic mass is 15.2. The van der Waals surface area contributed by atoms with Crippen molar-refractivity contribution in [1.82, 2.24) is 28.7 Å². The zero-order chi connectivity index (χ0) is 39.0. The molecule has 0 bridgehead atoms. The quantitative estimate of drug-likeness (QED) is 0.175. The molecule has 0 saturated heterocycles. The van der Waals surface area contributed by atoms with Crippen LogP contribution in [0, 0.1) is 11.3 Å². The van der Waals surface area contributed by atoms with Gasteiger partial charge in [0.1, 0.15) is 0 Å². The van der Waals surface area contributed by atoms with Gasteiger partial charge in [0, 0.05) is 49.1 Å². The lowest BCUT2D eigenvalue weighted by atomic mass is 10.1. The molecule has 59 heavy (non-hydrogen) atoms. The van der Waals surface area contributed by atoms with Crippen molar-refractivity contribution in [3.63, 3.8) is 0 Å². The lowest BCUT2D eigenvalue weighted by molar-refractivity contribution is 0.951. The predicted molar refractivity (Wildman–Crippen MR) is 238 cm³/mol. The Morgan fingerprint density at radius 2 is 0.949 bits per heavy atom. The van der Waals surface area contributed by atoms with Crippen LogP contribution in [0.25, 0.3) is 106 Å². The molecule has 0 unspecified atom stereocenters. The van der Waals surface area contributed by atoms with Gasteiger partial charge in [-0.15, -0.1) is 0 Å². The number of hydrogen-bond acceptors (Lipinski definition) is 4. The van der Waals surface area contributed by atoms with E-state index in [1.165, 1.54) is 10.8 Å². The first-order valence-electron chi connectivity index (χ1n) is 19.6. The van der Waals surface area contributed by atoms with E-state index in [2.05, 4.69) is 147 Å². The molecule has 0 spiro atoms. The minimum Gasteiger partial charge on any atom is -0.309 e. The minimum atomic E-state index is 0.466. The lowest BCUT2D eigenvalue weighted by Crippen LogP contribution is -2.08. The average molecular weight is 754 g/mol. The van der Waals surface area contributed by atoms with E-state index in [4.69, 9.17) is 15.0 Å². The number of nitriles is 1. The van der Waals surface area contributed by atoms with Crippen LogP contribution >= 0.6 is 0 Å². The third kappa shape index (κ3) is 4.90. The van der Waals surface area contributed by atoms with Gasteiger partial charge in [-0.05, 0) is 60.7 Å². The zero-order valence-corrected chi connectivity index (χ0v) is 31.5. The highest BCUT2D eigenvalue weighted by molar-refractivity contribution is 6.26. The molecule has 4 heterocycles. The van der Waals surface area contributed by atoms with Crippen LogP contribution in [0.15, 0.2) is 188 Å². The topological polar surface area (TPSA) is 77.2 Å². The summed E-state index contributed by atoms with van der Waals surface area (Å²) < 4.78 is 6.81. The van der Waals surface area contributed by atoms with Crippen molar-refractivity contribution < 1.29 is 0 Å². The molecule has 7 nitrogen and oxygen atoms in total. The van der Waals surface area contributed by atoms with Gasteiger partial charge in [-0.1, -0.05) is 127 Å². The fraction of sp³-hybridized carbons (Fsp3) is 0. The predicted octanol–water partition coefficient (Wildman–Crippen LogP) is 12.4. The van der Waals surface area contributed by atoms with Crippen molar-refractivity contribution in [3.05, 3.63) is 194 Å². The van der Waals surface area contributed by atoms with Crippen molar-refractivity contribution in [3.8, 4) is 46.2 Å². The van der Waals surface area contributed by atoms with E-state index < -0.39 is 0 Å². The van der Waals surface area contributed by atoms with E-state index >= 15 is 0 Å². The van der Waals surface area contributed by atoms with Crippen molar-refractivity contribution in [2.24, 2.45) is 0 Å². The number of fused-ring (bicyclic) bond motifs is 10. The first-order valence-corrected chi connectivity index (χ1v) is 19.6. The van der Waals surface area contributed by atoms with Crippen LogP contribution in [-0.2, 0) is 0 Å². The fourth-order valence-electron chi connectivity index (χ4n) is 9.03. The Kier molecular flexibility index (Phi) is 7.16. The number of para-hydroxylation sites is 5. The van der Waals surface area contributed by atoms with Crippen LogP contribution in [0.5, 0.6) is 0 Å². The Morgan fingerprint density at radius 1 is 0.407 bits per heavy atom. The van der Waals surface area contributed by atoms with Crippen molar-refractivity contribution in [2.45, 2.75) is 0 Å². The number of benzene rings is 8. The number of rotatable bonds is 5. The third-order valence-electron chi connectivity index (χ3n) is 11.5. The molecule has 0 atom stereocenters. The molecule has 274 valence electrons. The smallest absolute Gasteiger partial charge is 0.238 e. The molecule has 0 amide bonds. The molecule has 0 N–H and O–H groups in total. The Balaban J connectivity index is 1.19. The van der Waals surface area contributed by atoms with E-state index in [-0.39, 0.29) is 0 Å². The summed E-state index contributed by atoms with van der Waals surface area (Å²) in [6.07, 6.45) is 0. The maximum atomic E-state index is 10.4. The summed E-state index contributed by atoms with van der Waals surface area (Å²) in [6.45, 7) is 0. The van der Waals surface area contributed by atoms with Crippen molar-refractivity contribution >= 4 is 65.4 Å². The number of nitrogens with zero attached hydrogens (tertiary/aromatic N) is 7. The second kappa shape index (κ2) is 12.8. The Hall–Kier alpha value is -8.34. The number of aromatic nitrogens is 6. The van der Waals surface area contributed by atoms with Gasteiger partial charge in [-0.3, -0.25) is 4.57 Å². The summed E-state index contributed by atoms with van der Waals surface area (Å²) in [6, 6.07) is 67.2. The summed E-state index contributed by atoms with van der Waals surface area (Å²) >= 11 is 0. The fourth-order valence-corrected chi connectivity index (χ4v) is 9.03. The number of hydrogen-bond donors (Lipinski definition) is 0. The highest BCUT2D eigenvalue weighted by Gasteiger charge is 2.24. The van der Waals surface area contributed by atoms with Gasteiger partial charge in [0.25, 0.3) is 0 Å². The van der Waals surface area contributed by atoms with Crippen LogP contribution in [0.4, 0.5) is 0 Å². The molecule has 0 aliphatic rings. The summed E-state index contributed by atoms with van der Waals surface area (Å²) in [7, 11) is 0. The summed E-state index contributed by atoms with van der Waals surface area (Å²) in [5.74, 6) is 1.50. The van der Waals surface area contributed by atoms with E-state index in [1.807, 2.05) is 60.7 Å². The zero-order valence-electron chi connectivity index (χ0n) is 31.5. The van der Waals surface area contributed by atoms with Crippen LogP contribution in [0.1, 0.15) is 5.56 Å². The van der Waals surface area contributed by atoms with Crippen molar-refractivity contribution in [1.29, 1.82) is 5.26 Å². The lowest BCUT2D eigenvalue weighted by Gasteiger charge is -2.16. The van der Waals surface area contributed by atoms with Gasteiger partial charge in [0.2, 0.25) is 5.95 Å². The Bertz CT molecular complexity index is 3630. The van der Waals surface area contributed by atoms with E-state index in [0.29, 0.717) is 23.2 Å². The van der Waals surface area contributed by atoms with Crippen LogP contribution < -0.4 is 0 Å². The molecule has 4 aromatic heterocycles.